The van der Waals surface area contributed by atoms with E-state index in [1.807, 2.05) is 30.0 Å². The van der Waals surface area contributed by atoms with E-state index in [0.29, 0.717) is 17.2 Å². The number of nitrogens with zero attached hydrogens (tertiary/aromatic N) is 2. The molecule has 1 aromatic rings. The van der Waals surface area contributed by atoms with Crippen LogP contribution in [0.2, 0.25) is 0 Å². The standard InChI is InChI=1S/C50H52N2S/c1-3-4-5-6-8-13-37-18-26-42(27-19-37)51(2)43-28-20-40(21-29-43)41-24-32-45(33-25-41)52(44-30-22-39(23-31-44)38-14-9-7-10-15-38)46-34-35-50-48(36-46)47-16-11-12-17-49(47)53-50/h3-9,11-12,14,16-18,20,22,24-26,28-30,32,34,36,40,45,50H,1,10,13,15,19,21,23,27,31,33,35H2,2H3/b5-4-,8-6-. The zero-order valence-corrected chi connectivity index (χ0v) is 32.0. The molecule has 0 radical (unpaired) electrons. The topological polar surface area (TPSA) is 6.48 Å². The van der Waals surface area contributed by atoms with Gasteiger partial charge in [-0.3, -0.25) is 0 Å². The molecule has 0 saturated heterocycles. The number of benzene rings is 1. The van der Waals surface area contributed by atoms with E-state index in [4.69, 9.17) is 0 Å². The van der Waals surface area contributed by atoms with E-state index in [0.717, 1.165) is 64.2 Å². The van der Waals surface area contributed by atoms with Crippen molar-refractivity contribution < 1.29 is 0 Å². The fourth-order valence-electron chi connectivity index (χ4n) is 8.62. The van der Waals surface area contributed by atoms with Crippen LogP contribution < -0.4 is 0 Å². The Kier molecular flexibility index (Phi) is 11.0. The summed E-state index contributed by atoms with van der Waals surface area (Å²) in [6.45, 7) is 3.73. The van der Waals surface area contributed by atoms with Gasteiger partial charge < -0.3 is 9.80 Å². The van der Waals surface area contributed by atoms with Crippen molar-refractivity contribution in [3.8, 4) is 0 Å². The van der Waals surface area contributed by atoms with Crippen LogP contribution in [0.4, 0.5) is 0 Å². The smallest absolute Gasteiger partial charge is 0.0556 e. The molecule has 3 heteroatoms. The molecule has 3 unspecified atom stereocenters. The summed E-state index contributed by atoms with van der Waals surface area (Å²) < 4.78 is 0. The monoisotopic (exact) mass is 712 g/mol. The summed E-state index contributed by atoms with van der Waals surface area (Å²) in [4.78, 5) is 6.49. The van der Waals surface area contributed by atoms with E-state index in [-0.39, 0.29) is 0 Å². The first-order chi connectivity index (χ1) is 26.1. The summed E-state index contributed by atoms with van der Waals surface area (Å²) in [6, 6.07) is 9.29. The van der Waals surface area contributed by atoms with E-state index in [1.165, 1.54) is 61.1 Å². The first-order valence-electron chi connectivity index (χ1n) is 19.7. The Morgan fingerprint density at radius 1 is 0.792 bits per heavy atom. The summed E-state index contributed by atoms with van der Waals surface area (Å²) in [5.41, 5.74) is 14.4. The summed E-state index contributed by atoms with van der Waals surface area (Å²) >= 11 is 2.03. The largest absolute Gasteiger partial charge is 0.348 e. The number of allylic oxidation sites excluding steroid dienone is 24. The Morgan fingerprint density at radius 3 is 2.42 bits per heavy atom. The number of fused-ring (bicyclic) bond motifs is 3. The number of hydrogen-bond acceptors (Lipinski definition) is 3. The number of thioether (sulfide) groups is 1. The van der Waals surface area contributed by atoms with Gasteiger partial charge >= 0.3 is 0 Å². The molecular formula is C50H52N2S. The lowest BCUT2D eigenvalue weighted by atomic mass is 9.86. The van der Waals surface area contributed by atoms with Crippen LogP contribution in [-0.2, 0) is 0 Å². The minimum Gasteiger partial charge on any atom is -0.348 e. The van der Waals surface area contributed by atoms with Gasteiger partial charge in [0.05, 0.1) is 6.04 Å². The second-order valence-corrected chi connectivity index (χ2v) is 16.2. The van der Waals surface area contributed by atoms with Crippen LogP contribution in [0.25, 0.3) is 5.57 Å². The van der Waals surface area contributed by atoms with Crippen LogP contribution in [0.15, 0.2) is 202 Å². The van der Waals surface area contributed by atoms with Gasteiger partial charge in [0.1, 0.15) is 0 Å². The van der Waals surface area contributed by atoms with Gasteiger partial charge in [0.2, 0.25) is 0 Å². The number of hydrogen-bond donors (Lipinski definition) is 0. The van der Waals surface area contributed by atoms with Crippen LogP contribution in [0, 0.1) is 5.92 Å². The molecule has 0 fully saturated rings. The Morgan fingerprint density at radius 2 is 1.66 bits per heavy atom. The Labute approximate surface area is 322 Å². The molecule has 1 heterocycles. The van der Waals surface area contributed by atoms with Crippen molar-refractivity contribution in [1.29, 1.82) is 0 Å². The normalized spacial score (nSPS) is 24.9. The minimum atomic E-state index is 0.306. The van der Waals surface area contributed by atoms with Gasteiger partial charge in [-0.15, -0.1) is 11.8 Å². The highest BCUT2D eigenvalue weighted by molar-refractivity contribution is 8.00. The van der Waals surface area contributed by atoms with Gasteiger partial charge in [-0.25, -0.2) is 0 Å². The molecule has 8 rings (SSSR count). The fourth-order valence-corrected chi connectivity index (χ4v) is 9.91. The molecule has 0 aromatic heterocycles. The third-order valence-electron chi connectivity index (χ3n) is 11.7. The summed E-state index contributed by atoms with van der Waals surface area (Å²) in [6.07, 6.45) is 57.0. The molecule has 1 aliphatic heterocycles. The Balaban J connectivity index is 0.958. The van der Waals surface area contributed by atoms with Gasteiger partial charge in [0.25, 0.3) is 0 Å². The zero-order valence-electron chi connectivity index (χ0n) is 31.2. The summed E-state index contributed by atoms with van der Waals surface area (Å²) in [7, 11) is 2.22. The molecule has 6 aliphatic carbocycles. The minimum absolute atomic E-state index is 0.306. The third-order valence-corrected chi connectivity index (χ3v) is 13.0. The van der Waals surface area contributed by atoms with Crippen LogP contribution in [0.1, 0.15) is 69.8 Å². The third kappa shape index (κ3) is 7.97. The average Bonchev–Trinajstić information content (AvgIpc) is 3.60. The van der Waals surface area contributed by atoms with Gasteiger partial charge in [-0.2, -0.15) is 0 Å². The van der Waals surface area contributed by atoms with E-state index in [9.17, 15) is 0 Å². The molecule has 53 heavy (non-hydrogen) atoms. The molecule has 0 spiro atoms. The van der Waals surface area contributed by atoms with E-state index in [1.54, 1.807) is 0 Å². The van der Waals surface area contributed by atoms with Crippen molar-refractivity contribution >= 4 is 17.3 Å². The highest BCUT2D eigenvalue weighted by Crippen LogP contribution is 2.49. The van der Waals surface area contributed by atoms with Gasteiger partial charge in [0, 0.05) is 45.9 Å². The maximum absolute atomic E-state index is 3.73. The van der Waals surface area contributed by atoms with Crippen LogP contribution in [-0.4, -0.2) is 28.1 Å². The van der Waals surface area contributed by atoms with Crippen molar-refractivity contribution in [1.82, 2.24) is 9.80 Å². The first-order valence-corrected chi connectivity index (χ1v) is 20.6. The molecule has 1 aromatic carbocycles. The van der Waals surface area contributed by atoms with Crippen molar-refractivity contribution in [2.45, 2.75) is 80.4 Å². The highest BCUT2D eigenvalue weighted by atomic mass is 32.2. The van der Waals surface area contributed by atoms with Crippen LogP contribution in [0.3, 0.4) is 0 Å². The zero-order chi connectivity index (χ0) is 36.0. The Bertz CT molecular complexity index is 2060. The maximum Gasteiger partial charge on any atom is 0.0556 e. The van der Waals surface area contributed by atoms with E-state index < -0.39 is 0 Å². The summed E-state index contributed by atoms with van der Waals surface area (Å²) in [5, 5.41) is 0.528. The molecule has 7 aliphatic rings. The van der Waals surface area contributed by atoms with Gasteiger partial charge in [-0.05, 0) is 122 Å². The lowest BCUT2D eigenvalue weighted by Crippen LogP contribution is -2.34. The molecule has 0 N–H and O–H groups in total. The average molecular weight is 713 g/mol. The van der Waals surface area contributed by atoms with E-state index >= 15 is 0 Å². The number of likely N-dealkylation sites (N-methyl/N-ethyl adjacent to an activating group) is 1. The highest BCUT2D eigenvalue weighted by Gasteiger charge is 2.33. The quantitative estimate of drug-likeness (QED) is 0.211. The first kappa shape index (κ1) is 35.3. The Hall–Kier alpha value is -4.73. The van der Waals surface area contributed by atoms with Crippen molar-refractivity contribution in [3.05, 3.63) is 203 Å². The second kappa shape index (κ2) is 16.5. The summed E-state index contributed by atoms with van der Waals surface area (Å²) in [5.74, 6) is 0.424. The van der Waals surface area contributed by atoms with E-state index in [2.05, 4.69) is 151 Å². The fraction of sp³-hybridized carbons (Fsp3) is 0.280. The van der Waals surface area contributed by atoms with Crippen molar-refractivity contribution in [2.24, 2.45) is 5.92 Å². The predicted molar refractivity (Wildman–Crippen MR) is 228 cm³/mol. The molecule has 0 amide bonds. The van der Waals surface area contributed by atoms with Crippen LogP contribution in [0.5, 0.6) is 0 Å². The lowest BCUT2D eigenvalue weighted by Gasteiger charge is -2.39. The maximum atomic E-state index is 3.73. The molecule has 268 valence electrons. The van der Waals surface area contributed by atoms with Crippen molar-refractivity contribution in [3.63, 3.8) is 0 Å². The van der Waals surface area contributed by atoms with Gasteiger partial charge in [-0.1, -0.05) is 128 Å². The lowest BCUT2D eigenvalue weighted by molar-refractivity contribution is 0.354. The predicted octanol–water partition coefficient (Wildman–Crippen LogP) is 13.0. The molecule has 2 nitrogen and oxygen atoms in total. The molecule has 3 atom stereocenters. The number of rotatable bonds is 11. The van der Waals surface area contributed by atoms with Gasteiger partial charge in [0.15, 0.2) is 0 Å². The molecule has 0 bridgehead atoms. The second-order valence-electron chi connectivity index (χ2n) is 14.9. The van der Waals surface area contributed by atoms with Crippen molar-refractivity contribution in [2.75, 3.05) is 7.05 Å². The van der Waals surface area contributed by atoms with Crippen LogP contribution >= 0.6 is 11.8 Å². The molecule has 0 saturated carbocycles. The SMILES string of the molecule is C=C/C=C\C=C/CC1=CC=C(N(C)C2=CCC(C3=CCC(N(C4=CCC5Sc6ccccc6C5=C4)C4=CC=C(C5=CC=CCC5)CC4)C=C3)C=C2)CC1. The molecular weight excluding hydrogens is 661 g/mol.